The molecule has 0 aliphatic carbocycles. The first kappa shape index (κ1) is 12.8. The second-order valence-corrected chi connectivity index (χ2v) is 4.85. The van der Waals surface area contributed by atoms with E-state index in [0.29, 0.717) is 19.0 Å². The molecular weight excluding hydrogens is 252 g/mol. The zero-order valence-corrected chi connectivity index (χ0v) is 11.1. The lowest BCUT2D eigenvalue weighted by molar-refractivity contribution is -0.119. The van der Waals surface area contributed by atoms with Crippen molar-refractivity contribution >= 4 is 11.7 Å². The lowest BCUT2D eigenvalue weighted by atomic mass is 10.1. The molecule has 4 nitrogen and oxygen atoms in total. The van der Waals surface area contributed by atoms with Crippen LogP contribution in [0.3, 0.4) is 0 Å². The van der Waals surface area contributed by atoms with Gasteiger partial charge in [-0.15, -0.1) is 0 Å². The molecule has 1 aliphatic rings. The molecule has 1 saturated heterocycles. The molecule has 20 heavy (non-hydrogen) atoms. The Hall–Kier alpha value is -2.20. The molecular formula is C16H16N2O2. The molecule has 3 rings (SSSR count). The Morgan fingerprint density at radius 2 is 2.00 bits per heavy atom. The topological polar surface area (TPSA) is 51.2 Å². The average Bonchev–Trinajstić information content (AvgIpc) is 3.03. The van der Waals surface area contributed by atoms with Crippen molar-refractivity contribution in [1.29, 1.82) is 0 Å². The summed E-state index contributed by atoms with van der Waals surface area (Å²) in [5.74, 6) is 0.523. The van der Waals surface area contributed by atoms with Gasteiger partial charge in [-0.1, -0.05) is 30.3 Å². The maximum absolute atomic E-state index is 11.9. The summed E-state index contributed by atoms with van der Waals surface area (Å²) in [6.07, 6.45) is 2.56. The summed E-state index contributed by atoms with van der Waals surface area (Å²) in [7, 11) is 0. The molecule has 1 amide bonds. The van der Waals surface area contributed by atoms with Crippen molar-refractivity contribution in [3.8, 4) is 11.1 Å². The second-order valence-electron chi connectivity index (χ2n) is 4.85. The summed E-state index contributed by atoms with van der Waals surface area (Å²) in [6.45, 7) is 1.17. The first-order valence-corrected chi connectivity index (χ1v) is 6.73. The van der Waals surface area contributed by atoms with Crippen LogP contribution >= 0.6 is 0 Å². The zero-order chi connectivity index (χ0) is 13.8. The lowest BCUT2D eigenvalue weighted by Gasteiger charge is -2.09. The monoisotopic (exact) mass is 268 g/mol. The highest BCUT2D eigenvalue weighted by molar-refractivity contribution is 5.92. The van der Waals surface area contributed by atoms with Crippen molar-refractivity contribution in [1.82, 2.24) is 4.98 Å². The average molecular weight is 268 g/mol. The highest BCUT2D eigenvalue weighted by Gasteiger charge is 2.23. The number of carbonyl (C=O) groups is 1. The third kappa shape index (κ3) is 2.86. The van der Waals surface area contributed by atoms with Crippen LogP contribution in [0.25, 0.3) is 11.1 Å². The van der Waals surface area contributed by atoms with E-state index in [1.54, 1.807) is 6.20 Å². The van der Waals surface area contributed by atoms with Gasteiger partial charge in [0.1, 0.15) is 5.82 Å². The van der Waals surface area contributed by atoms with E-state index in [0.717, 1.165) is 17.5 Å². The molecule has 1 aliphatic heterocycles. The van der Waals surface area contributed by atoms with Crippen LogP contribution in [-0.2, 0) is 9.53 Å². The Bertz CT molecular complexity index is 575. The van der Waals surface area contributed by atoms with E-state index in [2.05, 4.69) is 10.3 Å². The van der Waals surface area contributed by atoms with Gasteiger partial charge in [0.2, 0.25) is 5.91 Å². The molecule has 1 aromatic carbocycles. The van der Waals surface area contributed by atoms with Crippen LogP contribution < -0.4 is 5.32 Å². The molecule has 102 valence electrons. The van der Waals surface area contributed by atoms with Crippen LogP contribution in [0.4, 0.5) is 5.82 Å². The first-order chi connectivity index (χ1) is 9.83. The van der Waals surface area contributed by atoms with Crippen LogP contribution in [0.1, 0.15) is 6.42 Å². The second kappa shape index (κ2) is 5.84. The van der Waals surface area contributed by atoms with Gasteiger partial charge in [-0.05, 0) is 24.1 Å². The summed E-state index contributed by atoms with van der Waals surface area (Å²) in [5.41, 5.74) is 2.15. The lowest BCUT2D eigenvalue weighted by Crippen LogP contribution is -2.23. The number of rotatable bonds is 3. The zero-order valence-electron chi connectivity index (χ0n) is 11.1. The number of ether oxygens (including phenoxy) is 1. The minimum Gasteiger partial charge on any atom is -0.381 e. The molecule has 0 radical (unpaired) electrons. The smallest absolute Gasteiger partial charge is 0.231 e. The number of benzene rings is 1. The van der Waals surface area contributed by atoms with Crippen molar-refractivity contribution in [3.63, 3.8) is 0 Å². The Morgan fingerprint density at radius 1 is 1.15 bits per heavy atom. The third-order valence-electron chi connectivity index (χ3n) is 3.42. The third-order valence-corrected chi connectivity index (χ3v) is 3.42. The van der Waals surface area contributed by atoms with Gasteiger partial charge in [-0.2, -0.15) is 0 Å². The van der Waals surface area contributed by atoms with Crippen LogP contribution in [0, 0.1) is 5.92 Å². The van der Waals surface area contributed by atoms with Gasteiger partial charge in [0.15, 0.2) is 0 Å². The maximum atomic E-state index is 11.9. The van der Waals surface area contributed by atoms with Gasteiger partial charge in [-0.3, -0.25) is 4.79 Å². The number of amides is 1. The van der Waals surface area contributed by atoms with E-state index >= 15 is 0 Å². The largest absolute Gasteiger partial charge is 0.381 e. The number of hydrogen-bond donors (Lipinski definition) is 1. The molecule has 4 heteroatoms. The molecule has 1 fully saturated rings. The summed E-state index contributed by atoms with van der Waals surface area (Å²) >= 11 is 0. The standard InChI is InChI=1S/C16H16N2O2/c19-16(14-8-9-20-11-14)18-15-7-6-13(10-17-15)12-4-2-1-3-5-12/h1-7,10,14H,8-9,11H2,(H,17,18,19). The molecule has 0 saturated carbocycles. The fourth-order valence-electron chi connectivity index (χ4n) is 2.24. The van der Waals surface area contributed by atoms with Crippen molar-refractivity contribution < 1.29 is 9.53 Å². The van der Waals surface area contributed by atoms with E-state index in [9.17, 15) is 4.79 Å². The molecule has 1 atom stereocenters. The summed E-state index contributed by atoms with van der Waals surface area (Å²) in [6, 6.07) is 13.8. The number of nitrogens with one attached hydrogen (secondary N) is 1. The molecule has 2 aromatic rings. The molecule has 1 aromatic heterocycles. The van der Waals surface area contributed by atoms with E-state index in [1.165, 1.54) is 0 Å². The van der Waals surface area contributed by atoms with Gasteiger partial charge < -0.3 is 10.1 Å². The minimum absolute atomic E-state index is 0.0116. The molecule has 2 heterocycles. The molecule has 1 unspecified atom stereocenters. The highest BCUT2D eigenvalue weighted by Crippen LogP contribution is 2.20. The van der Waals surface area contributed by atoms with Crippen molar-refractivity contribution in [3.05, 3.63) is 48.7 Å². The normalized spacial score (nSPS) is 17.9. The van der Waals surface area contributed by atoms with Crippen molar-refractivity contribution in [2.45, 2.75) is 6.42 Å². The molecule has 1 N–H and O–H groups in total. The fourth-order valence-corrected chi connectivity index (χ4v) is 2.24. The van der Waals surface area contributed by atoms with Gasteiger partial charge in [-0.25, -0.2) is 4.98 Å². The Kier molecular flexibility index (Phi) is 3.74. The predicted molar refractivity (Wildman–Crippen MR) is 77.2 cm³/mol. The number of pyridine rings is 1. The van der Waals surface area contributed by atoms with Crippen LogP contribution in [0.2, 0.25) is 0 Å². The van der Waals surface area contributed by atoms with Crippen LogP contribution in [0.5, 0.6) is 0 Å². The number of nitrogens with zero attached hydrogens (tertiary/aromatic N) is 1. The van der Waals surface area contributed by atoms with Crippen LogP contribution in [-0.4, -0.2) is 24.1 Å². The van der Waals surface area contributed by atoms with E-state index in [4.69, 9.17) is 4.74 Å². The van der Waals surface area contributed by atoms with Gasteiger partial charge in [0.25, 0.3) is 0 Å². The maximum Gasteiger partial charge on any atom is 0.231 e. The van der Waals surface area contributed by atoms with Crippen molar-refractivity contribution in [2.24, 2.45) is 5.92 Å². The number of aromatic nitrogens is 1. The quantitative estimate of drug-likeness (QED) is 0.931. The predicted octanol–water partition coefficient (Wildman–Crippen LogP) is 2.72. The fraction of sp³-hybridized carbons (Fsp3) is 0.250. The van der Waals surface area contributed by atoms with Gasteiger partial charge in [0, 0.05) is 18.4 Å². The van der Waals surface area contributed by atoms with E-state index in [1.807, 2.05) is 42.5 Å². The van der Waals surface area contributed by atoms with Gasteiger partial charge in [0.05, 0.1) is 12.5 Å². The SMILES string of the molecule is O=C(Nc1ccc(-c2ccccc2)cn1)C1CCOC1. The summed E-state index contributed by atoms with van der Waals surface area (Å²) in [4.78, 5) is 16.2. The first-order valence-electron chi connectivity index (χ1n) is 6.73. The summed E-state index contributed by atoms with van der Waals surface area (Å²) < 4.78 is 5.21. The Morgan fingerprint density at radius 3 is 2.65 bits per heavy atom. The van der Waals surface area contributed by atoms with E-state index in [-0.39, 0.29) is 11.8 Å². The number of carbonyl (C=O) groups excluding carboxylic acids is 1. The molecule has 0 bridgehead atoms. The number of hydrogen-bond acceptors (Lipinski definition) is 3. The van der Waals surface area contributed by atoms with Crippen LogP contribution in [0.15, 0.2) is 48.7 Å². The Labute approximate surface area is 117 Å². The van der Waals surface area contributed by atoms with Crippen molar-refractivity contribution in [2.75, 3.05) is 18.5 Å². The minimum atomic E-state index is -0.0504. The summed E-state index contributed by atoms with van der Waals surface area (Å²) in [5, 5.41) is 2.83. The molecule has 0 spiro atoms. The highest BCUT2D eigenvalue weighted by atomic mass is 16.5. The number of anilines is 1. The van der Waals surface area contributed by atoms with Gasteiger partial charge >= 0.3 is 0 Å². The Balaban J connectivity index is 1.68. The van der Waals surface area contributed by atoms with E-state index < -0.39 is 0 Å².